The molecule has 0 aliphatic carbocycles. The summed E-state index contributed by atoms with van der Waals surface area (Å²) in [6.45, 7) is 4.60. The fraction of sp³-hybridized carbons (Fsp3) is 0.308. The van der Waals surface area contributed by atoms with Crippen molar-refractivity contribution in [1.82, 2.24) is 14.8 Å². The van der Waals surface area contributed by atoms with Crippen LogP contribution in [0.3, 0.4) is 0 Å². The molecule has 2 aromatic heterocycles. The van der Waals surface area contributed by atoms with Gasteiger partial charge in [0.05, 0.1) is 23.3 Å². The highest BCUT2D eigenvalue weighted by Crippen LogP contribution is 2.17. The Morgan fingerprint density at radius 3 is 2.89 bits per heavy atom. The van der Waals surface area contributed by atoms with Crippen LogP contribution in [0, 0.1) is 0 Å². The third kappa shape index (κ3) is 2.73. The van der Waals surface area contributed by atoms with E-state index in [0.717, 1.165) is 12.1 Å². The zero-order valence-electron chi connectivity index (χ0n) is 11.1. The fourth-order valence-electron chi connectivity index (χ4n) is 1.77. The Morgan fingerprint density at radius 1 is 1.47 bits per heavy atom. The lowest BCUT2D eigenvalue weighted by Crippen LogP contribution is -2.18. The Hall–Kier alpha value is -2.37. The van der Waals surface area contributed by atoms with Crippen LogP contribution in [0.2, 0.25) is 0 Å². The van der Waals surface area contributed by atoms with Gasteiger partial charge in [0.1, 0.15) is 5.69 Å². The summed E-state index contributed by atoms with van der Waals surface area (Å²) < 4.78 is 1.69. The first-order valence-electron chi connectivity index (χ1n) is 6.23. The van der Waals surface area contributed by atoms with Crippen LogP contribution in [0.4, 0.5) is 11.4 Å². The first-order chi connectivity index (χ1) is 9.15. The molecule has 0 fully saturated rings. The highest BCUT2D eigenvalue weighted by molar-refractivity contribution is 6.04. The molecule has 1 amide bonds. The lowest BCUT2D eigenvalue weighted by Gasteiger charge is -2.08. The summed E-state index contributed by atoms with van der Waals surface area (Å²) in [6, 6.07) is 3.47. The summed E-state index contributed by atoms with van der Waals surface area (Å²) in [5.74, 6) is -0.216. The molecular weight excluding hydrogens is 242 g/mol. The maximum atomic E-state index is 12.2. The monoisotopic (exact) mass is 259 g/mol. The predicted molar refractivity (Wildman–Crippen MR) is 73.9 cm³/mol. The molecule has 0 bridgehead atoms. The van der Waals surface area contributed by atoms with Gasteiger partial charge in [-0.1, -0.05) is 6.92 Å². The number of pyridine rings is 1. The average Bonchev–Trinajstić information content (AvgIpc) is 2.84. The van der Waals surface area contributed by atoms with Crippen molar-refractivity contribution < 1.29 is 4.79 Å². The smallest absolute Gasteiger partial charge is 0.273 e. The van der Waals surface area contributed by atoms with Crippen molar-refractivity contribution in [2.24, 2.45) is 0 Å². The lowest BCUT2D eigenvalue weighted by molar-refractivity contribution is 0.101. The van der Waals surface area contributed by atoms with Crippen molar-refractivity contribution in [2.75, 3.05) is 11.1 Å². The quantitative estimate of drug-likeness (QED) is 0.875. The van der Waals surface area contributed by atoms with E-state index in [2.05, 4.69) is 15.4 Å². The van der Waals surface area contributed by atoms with Crippen LogP contribution in [-0.2, 0) is 13.0 Å². The Balaban J connectivity index is 2.25. The van der Waals surface area contributed by atoms with Gasteiger partial charge in [-0.15, -0.1) is 0 Å². The Kier molecular flexibility index (Phi) is 3.79. The molecule has 2 rings (SSSR count). The van der Waals surface area contributed by atoms with E-state index in [9.17, 15) is 4.79 Å². The fourth-order valence-corrected chi connectivity index (χ4v) is 1.77. The first kappa shape index (κ1) is 13.1. The highest BCUT2D eigenvalue weighted by Gasteiger charge is 2.14. The van der Waals surface area contributed by atoms with E-state index in [1.165, 1.54) is 6.20 Å². The zero-order chi connectivity index (χ0) is 13.8. The number of nitrogens with zero attached hydrogens (tertiary/aromatic N) is 3. The second kappa shape index (κ2) is 5.51. The van der Waals surface area contributed by atoms with Gasteiger partial charge in [0.15, 0.2) is 0 Å². The molecule has 2 aromatic rings. The standard InChI is InChI=1S/C13H17N5O/c1-3-9-7-12(18(4-2)17-9)13(19)16-11-5-6-15-8-10(11)14/h5-8H,3-4,14H2,1-2H3,(H,15,16,19). The van der Waals surface area contributed by atoms with E-state index >= 15 is 0 Å². The van der Waals surface area contributed by atoms with E-state index in [1.54, 1.807) is 23.0 Å². The molecule has 0 saturated carbocycles. The summed E-state index contributed by atoms with van der Waals surface area (Å²) in [6.07, 6.45) is 3.88. The molecule has 0 unspecified atom stereocenters. The lowest BCUT2D eigenvalue weighted by atomic mass is 10.3. The van der Waals surface area contributed by atoms with E-state index in [0.29, 0.717) is 23.6 Å². The number of aromatic nitrogens is 3. The number of nitrogens with one attached hydrogen (secondary N) is 1. The van der Waals surface area contributed by atoms with Gasteiger partial charge in [0, 0.05) is 12.7 Å². The molecule has 0 radical (unpaired) electrons. The molecular formula is C13H17N5O. The summed E-state index contributed by atoms with van der Waals surface area (Å²) in [5.41, 5.74) is 8.18. The minimum atomic E-state index is -0.216. The predicted octanol–water partition coefficient (Wildman–Crippen LogP) is 1.69. The van der Waals surface area contributed by atoms with Crippen molar-refractivity contribution in [1.29, 1.82) is 0 Å². The third-order valence-electron chi connectivity index (χ3n) is 2.83. The molecule has 0 atom stereocenters. The van der Waals surface area contributed by atoms with Crippen molar-refractivity contribution >= 4 is 17.3 Å². The molecule has 0 aromatic carbocycles. The van der Waals surface area contributed by atoms with Gasteiger partial charge >= 0.3 is 0 Å². The van der Waals surface area contributed by atoms with Gasteiger partial charge in [0.25, 0.3) is 5.91 Å². The molecule has 0 aliphatic rings. The largest absolute Gasteiger partial charge is 0.396 e. The van der Waals surface area contributed by atoms with Gasteiger partial charge < -0.3 is 11.1 Å². The molecule has 3 N–H and O–H groups in total. The molecule has 0 saturated heterocycles. The maximum absolute atomic E-state index is 12.2. The molecule has 0 aliphatic heterocycles. The summed E-state index contributed by atoms with van der Waals surface area (Å²) in [7, 11) is 0. The van der Waals surface area contributed by atoms with Crippen molar-refractivity contribution in [2.45, 2.75) is 26.8 Å². The van der Waals surface area contributed by atoms with E-state index in [-0.39, 0.29) is 5.91 Å². The van der Waals surface area contributed by atoms with Crippen LogP contribution in [0.1, 0.15) is 30.0 Å². The van der Waals surface area contributed by atoms with Crippen molar-refractivity contribution in [3.8, 4) is 0 Å². The number of carbonyl (C=O) groups is 1. The Bertz CT molecular complexity index is 590. The van der Waals surface area contributed by atoms with Crippen molar-refractivity contribution in [3.05, 3.63) is 35.9 Å². The number of hydrogen-bond acceptors (Lipinski definition) is 4. The van der Waals surface area contributed by atoms with Crippen LogP contribution >= 0.6 is 0 Å². The van der Waals surface area contributed by atoms with Gasteiger partial charge in [0.2, 0.25) is 0 Å². The molecule has 2 heterocycles. The van der Waals surface area contributed by atoms with Gasteiger partial charge in [-0.2, -0.15) is 5.10 Å². The number of hydrogen-bond donors (Lipinski definition) is 2. The number of amides is 1. The average molecular weight is 259 g/mol. The van der Waals surface area contributed by atoms with Crippen LogP contribution in [0.15, 0.2) is 24.5 Å². The molecule has 6 nitrogen and oxygen atoms in total. The van der Waals surface area contributed by atoms with Crippen molar-refractivity contribution in [3.63, 3.8) is 0 Å². The van der Waals surface area contributed by atoms with Crippen LogP contribution in [0.5, 0.6) is 0 Å². The Labute approximate surface area is 111 Å². The SMILES string of the molecule is CCc1cc(C(=O)Nc2ccncc2N)n(CC)n1. The van der Waals surface area contributed by atoms with E-state index < -0.39 is 0 Å². The number of nitrogens with two attached hydrogens (primary N) is 1. The summed E-state index contributed by atoms with van der Waals surface area (Å²) in [5, 5.41) is 7.12. The Morgan fingerprint density at radius 2 is 2.26 bits per heavy atom. The van der Waals surface area contributed by atoms with Gasteiger partial charge in [-0.25, -0.2) is 0 Å². The van der Waals surface area contributed by atoms with Crippen LogP contribution in [-0.4, -0.2) is 20.7 Å². The number of anilines is 2. The zero-order valence-corrected chi connectivity index (χ0v) is 11.1. The highest BCUT2D eigenvalue weighted by atomic mass is 16.2. The maximum Gasteiger partial charge on any atom is 0.273 e. The third-order valence-corrected chi connectivity index (χ3v) is 2.83. The molecule has 19 heavy (non-hydrogen) atoms. The number of nitrogen functional groups attached to an aromatic ring is 1. The number of rotatable bonds is 4. The number of carbonyl (C=O) groups excluding carboxylic acids is 1. The summed E-state index contributed by atoms with van der Waals surface area (Å²) in [4.78, 5) is 16.1. The van der Waals surface area contributed by atoms with E-state index in [1.807, 2.05) is 13.8 Å². The first-order valence-corrected chi connectivity index (χ1v) is 6.23. The molecule has 0 spiro atoms. The summed E-state index contributed by atoms with van der Waals surface area (Å²) >= 11 is 0. The van der Waals surface area contributed by atoms with E-state index in [4.69, 9.17) is 5.73 Å². The van der Waals surface area contributed by atoms with Gasteiger partial charge in [-0.05, 0) is 25.5 Å². The topological polar surface area (TPSA) is 85.8 Å². The minimum absolute atomic E-state index is 0.216. The second-order valence-corrected chi connectivity index (χ2v) is 4.11. The van der Waals surface area contributed by atoms with Crippen LogP contribution < -0.4 is 11.1 Å². The minimum Gasteiger partial charge on any atom is -0.396 e. The second-order valence-electron chi connectivity index (χ2n) is 4.11. The molecule has 100 valence electrons. The number of aryl methyl sites for hydroxylation is 2. The van der Waals surface area contributed by atoms with Gasteiger partial charge in [-0.3, -0.25) is 14.5 Å². The van der Waals surface area contributed by atoms with Crippen LogP contribution in [0.25, 0.3) is 0 Å². The normalized spacial score (nSPS) is 10.4. The molecule has 6 heteroatoms.